The first-order valence-corrected chi connectivity index (χ1v) is 8.03. The molecule has 1 atom stereocenters. The highest BCUT2D eigenvalue weighted by atomic mass is 19.3. The van der Waals surface area contributed by atoms with Crippen LogP contribution >= 0.6 is 0 Å². The topological polar surface area (TPSA) is 25.4 Å². The van der Waals surface area contributed by atoms with Gasteiger partial charge in [-0.05, 0) is 35.9 Å². The van der Waals surface area contributed by atoms with Crippen LogP contribution in [-0.4, -0.2) is 11.6 Å². The molecule has 138 valence electrons. The summed E-state index contributed by atoms with van der Waals surface area (Å²) in [6, 6.07) is 10.4. The predicted octanol–water partition coefficient (Wildman–Crippen LogP) is 5.18. The van der Waals surface area contributed by atoms with Gasteiger partial charge >= 0.3 is 5.92 Å². The highest BCUT2D eigenvalue weighted by Crippen LogP contribution is 2.56. The fraction of sp³-hybridized carbons (Fsp3) is 0.150. The third-order valence-electron chi connectivity index (χ3n) is 4.57. The first-order valence-electron chi connectivity index (χ1n) is 8.03. The molecule has 0 N–H and O–H groups in total. The van der Waals surface area contributed by atoms with Crippen molar-refractivity contribution in [1.82, 2.24) is 4.98 Å². The molecule has 1 fully saturated rings. The van der Waals surface area contributed by atoms with Crippen molar-refractivity contribution in [2.45, 2.75) is 11.5 Å². The molecule has 2 aromatic carbocycles. The number of hydrogen-bond donors (Lipinski definition) is 0. The number of benzene rings is 2. The molecule has 1 aliphatic heterocycles. The molecular formula is C20H12F5NO. The van der Waals surface area contributed by atoms with Crippen LogP contribution in [0, 0.1) is 17.5 Å². The van der Waals surface area contributed by atoms with E-state index in [0.29, 0.717) is 17.2 Å². The zero-order valence-electron chi connectivity index (χ0n) is 13.7. The largest absolute Gasteiger partial charge is 0.357 e. The average Bonchev–Trinajstić information content (AvgIpc) is 3.45. The van der Waals surface area contributed by atoms with Crippen LogP contribution in [0.4, 0.5) is 22.0 Å². The number of rotatable bonds is 4. The smallest absolute Gasteiger partial charge is 0.324 e. The minimum atomic E-state index is -3.63. The van der Waals surface area contributed by atoms with Crippen molar-refractivity contribution >= 4 is 0 Å². The summed E-state index contributed by atoms with van der Waals surface area (Å²) >= 11 is 0. The lowest BCUT2D eigenvalue weighted by molar-refractivity contribution is -0.0901. The Morgan fingerprint density at radius 3 is 2.04 bits per heavy atom. The maximum atomic E-state index is 15.1. The Hall–Kier alpha value is -2.80. The molecule has 1 aliphatic rings. The Morgan fingerprint density at radius 1 is 0.852 bits per heavy atom. The van der Waals surface area contributed by atoms with Gasteiger partial charge in [0.25, 0.3) is 0 Å². The minimum absolute atomic E-state index is 0.413. The van der Waals surface area contributed by atoms with Gasteiger partial charge in [-0.1, -0.05) is 18.2 Å². The Bertz CT molecular complexity index is 982. The third-order valence-corrected chi connectivity index (χ3v) is 4.57. The van der Waals surface area contributed by atoms with Crippen molar-refractivity contribution < 1.29 is 26.7 Å². The maximum absolute atomic E-state index is 15.1. The number of hydrogen-bond acceptors (Lipinski definition) is 2. The third kappa shape index (κ3) is 2.88. The van der Waals surface area contributed by atoms with Crippen molar-refractivity contribution in [1.29, 1.82) is 0 Å². The van der Waals surface area contributed by atoms with Crippen LogP contribution < -0.4 is 0 Å². The first-order chi connectivity index (χ1) is 12.8. The number of alkyl halides is 2. The van der Waals surface area contributed by atoms with Crippen molar-refractivity contribution in [3.63, 3.8) is 0 Å². The molecular weight excluding hydrogens is 365 g/mol. The van der Waals surface area contributed by atoms with E-state index in [1.54, 1.807) is 0 Å². The molecule has 1 saturated heterocycles. The minimum Gasteiger partial charge on any atom is -0.357 e. The van der Waals surface area contributed by atoms with Gasteiger partial charge in [-0.2, -0.15) is 8.78 Å². The molecule has 7 heteroatoms. The second-order valence-corrected chi connectivity index (χ2v) is 6.25. The van der Waals surface area contributed by atoms with Gasteiger partial charge < -0.3 is 4.74 Å². The molecule has 1 unspecified atom stereocenters. The van der Waals surface area contributed by atoms with Crippen LogP contribution in [-0.2, 0) is 16.3 Å². The highest BCUT2D eigenvalue weighted by Gasteiger charge is 2.68. The van der Waals surface area contributed by atoms with Gasteiger partial charge in [0.1, 0.15) is 23.1 Å². The number of nitrogens with zero attached hydrogens (tertiary/aromatic N) is 1. The fourth-order valence-corrected chi connectivity index (χ4v) is 2.99. The molecule has 3 aromatic rings. The molecule has 27 heavy (non-hydrogen) atoms. The second-order valence-electron chi connectivity index (χ2n) is 6.25. The normalized spacial score (nSPS) is 19.1. The van der Waals surface area contributed by atoms with E-state index < -0.39 is 46.8 Å². The Balaban J connectivity index is 1.68. The van der Waals surface area contributed by atoms with Crippen LogP contribution in [0.15, 0.2) is 60.8 Å². The summed E-state index contributed by atoms with van der Waals surface area (Å²) in [5, 5.41) is 0. The summed E-state index contributed by atoms with van der Waals surface area (Å²) in [5.41, 5.74) is -2.10. The van der Waals surface area contributed by atoms with Gasteiger partial charge in [-0.3, -0.25) is 4.98 Å². The van der Waals surface area contributed by atoms with Crippen molar-refractivity contribution in [2.75, 3.05) is 6.61 Å². The average molecular weight is 377 g/mol. The quantitative estimate of drug-likeness (QED) is 0.462. The van der Waals surface area contributed by atoms with Gasteiger partial charge in [0.05, 0.1) is 6.61 Å². The zero-order valence-corrected chi connectivity index (χ0v) is 13.7. The number of aromatic nitrogens is 1. The van der Waals surface area contributed by atoms with E-state index in [2.05, 4.69) is 4.98 Å². The number of ether oxygens (including phenoxy) is 1. The van der Waals surface area contributed by atoms with E-state index in [-0.39, 0.29) is 0 Å². The van der Waals surface area contributed by atoms with Crippen LogP contribution in [0.5, 0.6) is 0 Å². The molecule has 2 nitrogen and oxygen atoms in total. The predicted molar refractivity (Wildman–Crippen MR) is 87.5 cm³/mol. The lowest BCUT2D eigenvalue weighted by Crippen LogP contribution is -2.34. The molecule has 0 saturated carbocycles. The lowest BCUT2D eigenvalue weighted by Gasteiger charge is -2.24. The standard InChI is InChI=1S/C20H12F5NO/c21-14-4-1-12(2-5-14)13-3-8-18(26-10-13)20(24,25)19(11-27-19)16-7-6-15(22)9-17(16)23/h1-10H,11H2. The van der Waals surface area contributed by atoms with Gasteiger partial charge in [0.15, 0.2) is 5.60 Å². The molecule has 0 amide bonds. The molecule has 1 aromatic heterocycles. The summed E-state index contributed by atoms with van der Waals surface area (Å²) in [6.45, 7) is -0.413. The summed E-state index contributed by atoms with van der Waals surface area (Å²) in [4.78, 5) is 3.81. The van der Waals surface area contributed by atoms with E-state index >= 15 is 8.78 Å². The Labute approximate surface area is 151 Å². The van der Waals surface area contributed by atoms with Crippen LogP contribution in [0.1, 0.15) is 11.3 Å². The lowest BCUT2D eigenvalue weighted by atomic mass is 9.90. The summed E-state index contributed by atoms with van der Waals surface area (Å²) in [5.74, 6) is -6.01. The monoisotopic (exact) mass is 377 g/mol. The number of halogens is 5. The SMILES string of the molecule is Fc1ccc(-c2ccc(C(F)(F)C3(c4ccc(F)cc4F)CO3)nc2)cc1. The highest BCUT2D eigenvalue weighted by molar-refractivity contribution is 5.62. The van der Waals surface area contributed by atoms with Crippen molar-refractivity contribution in [3.8, 4) is 11.1 Å². The Morgan fingerprint density at radius 2 is 1.48 bits per heavy atom. The Kier molecular flexibility index (Phi) is 3.99. The van der Waals surface area contributed by atoms with Gasteiger partial charge in [0, 0.05) is 23.4 Å². The number of pyridine rings is 1. The summed E-state index contributed by atoms with van der Waals surface area (Å²) in [7, 11) is 0. The first kappa shape index (κ1) is 17.6. The molecule has 4 rings (SSSR count). The summed E-state index contributed by atoms with van der Waals surface area (Å²) in [6.07, 6.45) is 1.23. The molecule has 0 aliphatic carbocycles. The molecule has 0 radical (unpaired) electrons. The van der Waals surface area contributed by atoms with Crippen LogP contribution in [0.2, 0.25) is 0 Å². The van der Waals surface area contributed by atoms with Gasteiger partial charge in [0.2, 0.25) is 0 Å². The van der Waals surface area contributed by atoms with Gasteiger partial charge in [-0.25, -0.2) is 13.2 Å². The van der Waals surface area contributed by atoms with Gasteiger partial charge in [-0.15, -0.1) is 0 Å². The molecule has 2 heterocycles. The molecule has 0 spiro atoms. The van der Waals surface area contributed by atoms with Crippen molar-refractivity contribution in [2.24, 2.45) is 0 Å². The maximum Gasteiger partial charge on any atom is 0.324 e. The molecule has 0 bridgehead atoms. The van der Waals surface area contributed by atoms with Crippen LogP contribution in [0.25, 0.3) is 11.1 Å². The van der Waals surface area contributed by atoms with Crippen molar-refractivity contribution in [3.05, 3.63) is 89.5 Å². The van der Waals surface area contributed by atoms with E-state index in [1.165, 1.54) is 36.5 Å². The van der Waals surface area contributed by atoms with E-state index in [1.807, 2.05) is 0 Å². The van der Waals surface area contributed by atoms with E-state index in [9.17, 15) is 13.2 Å². The summed E-state index contributed by atoms with van der Waals surface area (Å²) < 4.78 is 75.2. The fourth-order valence-electron chi connectivity index (χ4n) is 2.99. The second kappa shape index (κ2) is 6.13. The number of epoxide rings is 1. The van der Waals surface area contributed by atoms with Crippen LogP contribution in [0.3, 0.4) is 0 Å². The van der Waals surface area contributed by atoms with E-state index in [0.717, 1.165) is 18.2 Å². The zero-order chi connectivity index (χ0) is 19.2. The van der Waals surface area contributed by atoms with E-state index in [4.69, 9.17) is 4.74 Å².